The molecule has 0 aliphatic heterocycles. The Kier molecular flexibility index (Phi) is 7.48. The van der Waals surface area contributed by atoms with Gasteiger partial charge in [0.05, 0.1) is 27.5 Å². The highest BCUT2D eigenvalue weighted by Crippen LogP contribution is 2.34. The average molecular weight is 517 g/mol. The molecule has 3 N–H and O–H groups in total. The van der Waals surface area contributed by atoms with Crippen LogP contribution in [-0.4, -0.2) is 31.1 Å². The number of rotatable bonds is 6. The van der Waals surface area contributed by atoms with Gasteiger partial charge in [0, 0.05) is 17.5 Å². The predicted octanol–water partition coefficient (Wildman–Crippen LogP) is 5.82. The van der Waals surface area contributed by atoms with Crippen LogP contribution in [-0.2, 0) is 16.0 Å². The van der Waals surface area contributed by atoms with Crippen molar-refractivity contribution in [3.8, 4) is 11.1 Å². The second-order valence-electron chi connectivity index (χ2n) is 9.00. The van der Waals surface area contributed by atoms with Crippen LogP contribution in [0.3, 0.4) is 0 Å². The summed E-state index contributed by atoms with van der Waals surface area (Å²) in [4.78, 5) is 4.68. The Bertz CT molecular complexity index is 1450. The molecule has 0 aromatic heterocycles. The molecule has 0 atom stereocenters. The molecule has 0 amide bonds. The van der Waals surface area contributed by atoms with E-state index in [-0.39, 0.29) is 21.9 Å². The SMILES string of the molecule is Cc1cc(-c2cccc(S(C)(=O)=O)c2)ccc1N=C(/C=C(\N)C(C)(C)O)c1ccccc1C(F)(F)F. The van der Waals surface area contributed by atoms with E-state index in [2.05, 4.69) is 4.99 Å². The maximum absolute atomic E-state index is 13.8. The van der Waals surface area contributed by atoms with Crippen molar-refractivity contribution in [2.75, 3.05) is 6.26 Å². The van der Waals surface area contributed by atoms with Gasteiger partial charge in [-0.3, -0.25) is 0 Å². The van der Waals surface area contributed by atoms with Gasteiger partial charge in [-0.2, -0.15) is 13.2 Å². The van der Waals surface area contributed by atoms with Crippen molar-refractivity contribution < 1.29 is 26.7 Å². The van der Waals surface area contributed by atoms with E-state index >= 15 is 0 Å². The predicted molar refractivity (Wildman–Crippen MR) is 136 cm³/mol. The fraction of sp³-hybridized carbons (Fsp3) is 0.222. The molecule has 3 aromatic carbocycles. The molecule has 9 heteroatoms. The van der Waals surface area contributed by atoms with Crippen molar-refractivity contribution >= 4 is 21.2 Å². The molecule has 0 radical (unpaired) electrons. The first-order chi connectivity index (χ1) is 16.6. The topological polar surface area (TPSA) is 92.8 Å². The molecule has 0 spiro atoms. The summed E-state index contributed by atoms with van der Waals surface area (Å²) in [6, 6.07) is 16.6. The number of sulfone groups is 1. The molecule has 5 nitrogen and oxygen atoms in total. The summed E-state index contributed by atoms with van der Waals surface area (Å²) in [5.74, 6) is 0. The molecule has 3 aromatic rings. The Balaban J connectivity index is 2.17. The fourth-order valence-electron chi connectivity index (χ4n) is 3.44. The van der Waals surface area contributed by atoms with Gasteiger partial charge in [0.25, 0.3) is 0 Å². The first kappa shape index (κ1) is 27.2. The lowest BCUT2D eigenvalue weighted by Crippen LogP contribution is -2.28. The normalized spacial score (nSPS) is 13.7. The molecule has 0 fully saturated rings. The lowest BCUT2D eigenvalue weighted by Gasteiger charge is -2.19. The standard InChI is InChI=1S/C27H27F3N2O3S/c1-17-14-19(18-8-7-9-20(15-18)36(4,34)35)12-13-23(17)32-24(16-25(31)26(2,3)33)21-10-5-6-11-22(21)27(28,29)30/h5-16,33H,31H2,1-4H3/b25-16-,32-24?. The smallest absolute Gasteiger partial charge is 0.400 e. The van der Waals surface area contributed by atoms with Crippen molar-refractivity contribution in [1.29, 1.82) is 0 Å². The van der Waals surface area contributed by atoms with Crippen LogP contribution in [0.25, 0.3) is 11.1 Å². The van der Waals surface area contributed by atoms with Crippen molar-refractivity contribution in [1.82, 2.24) is 0 Å². The molecule has 0 saturated heterocycles. The van der Waals surface area contributed by atoms with Crippen molar-refractivity contribution in [2.24, 2.45) is 10.7 Å². The molecule has 190 valence electrons. The van der Waals surface area contributed by atoms with Crippen LogP contribution >= 0.6 is 0 Å². The second kappa shape index (κ2) is 9.91. The highest BCUT2D eigenvalue weighted by Gasteiger charge is 2.34. The van der Waals surface area contributed by atoms with Crippen LogP contribution in [0.15, 0.2) is 88.4 Å². The average Bonchev–Trinajstić information content (AvgIpc) is 2.78. The van der Waals surface area contributed by atoms with Crippen LogP contribution in [0.4, 0.5) is 18.9 Å². The number of aliphatic imine (C=N–C) groups is 1. The maximum atomic E-state index is 13.8. The van der Waals surface area contributed by atoms with Crippen LogP contribution < -0.4 is 5.73 Å². The van der Waals surface area contributed by atoms with Gasteiger partial charge in [0.1, 0.15) is 0 Å². The third-order valence-corrected chi connectivity index (χ3v) is 6.65. The number of halogens is 3. The van der Waals surface area contributed by atoms with Crippen LogP contribution in [0.1, 0.15) is 30.5 Å². The van der Waals surface area contributed by atoms with Crippen molar-refractivity contribution in [2.45, 2.75) is 37.4 Å². The number of nitrogens with zero attached hydrogens (tertiary/aromatic N) is 1. The van der Waals surface area contributed by atoms with Crippen LogP contribution in [0.5, 0.6) is 0 Å². The molecule has 0 aliphatic rings. The van der Waals surface area contributed by atoms with Crippen LogP contribution in [0, 0.1) is 6.92 Å². The third kappa shape index (κ3) is 6.41. The second-order valence-corrected chi connectivity index (χ2v) is 11.0. The number of alkyl halides is 3. The number of aliphatic hydroxyl groups is 1. The first-order valence-electron chi connectivity index (χ1n) is 10.9. The summed E-state index contributed by atoms with van der Waals surface area (Å²) in [7, 11) is -3.39. The van der Waals surface area contributed by atoms with E-state index in [0.717, 1.165) is 17.9 Å². The van der Waals surface area contributed by atoms with Gasteiger partial charge in [-0.1, -0.05) is 36.4 Å². The minimum atomic E-state index is -4.63. The summed E-state index contributed by atoms with van der Waals surface area (Å²) in [5, 5.41) is 10.3. The molecule has 3 rings (SSSR count). The summed E-state index contributed by atoms with van der Waals surface area (Å²) >= 11 is 0. The van der Waals surface area contributed by atoms with Crippen molar-refractivity contribution in [3.05, 3.63) is 95.2 Å². The Labute approximate surface area is 208 Å². The van der Waals surface area contributed by atoms with Gasteiger partial charge in [0.2, 0.25) is 0 Å². The number of hydrogen-bond acceptors (Lipinski definition) is 5. The van der Waals surface area contributed by atoms with Gasteiger partial charge in [0.15, 0.2) is 9.84 Å². The van der Waals surface area contributed by atoms with E-state index in [1.807, 2.05) is 0 Å². The van der Waals surface area contributed by atoms with Gasteiger partial charge in [-0.25, -0.2) is 13.4 Å². The zero-order valence-corrected chi connectivity index (χ0v) is 21.1. The summed E-state index contributed by atoms with van der Waals surface area (Å²) < 4.78 is 65.1. The Morgan fingerprint density at radius 3 is 2.19 bits per heavy atom. The summed E-state index contributed by atoms with van der Waals surface area (Å²) in [6.07, 6.45) is -2.26. The zero-order chi connectivity index (χ0) is 26.9. The van der Waals surface area contributed by atoms with E-state index in [4.69, 9.17) is 5.73 Å². The Morgan fingerprint density at radius 2 is 1.61 bits per heavy atom. The Hall–Kier alpha value is -3.43. The van der Waals surface area contributed by atoms with E-state index in [0.29, 0.717) is 16.8 Å². The third-order valence-electron chi connectivity index (χ3n) is 5.54. The zero-order valence-electron chi connectivity index (χ0n) is 20.3. The Morgan fingerprint density at radius 1 is 0.972 bits per heavy atom. The van der Waals surface area contributed by atoms with E-state index < -0.39 is 27.2 Å². The highest BCUT2D eigenvalue weighted by atomic mass is 32.2. The highest BCUT2D eigenvalue weighted by molar-refractivity contribution is 7.90. The minimum absolute atomic E-state index is 0.0508. The summed E-state index contributed by atoms with van der Waals surface area (Å²) in [5.41, 5.74) is 5.78. The summed E-state index contributed by atoms with van der Waals surface area (Å²) in [6.45, 7) is 4.60. The first-order valence-corrected chi connectivity index (χ1v) is 12.8. The molecular weight excluding hydrogens is 489 g/mol. The van der Waals surface area contributed by atoms with Crippen LogP contribution in [0.2, 0.25) is 0 Å². The van der Waals surface area contributed by atoms with Gasteiger partial charge in [-0.05, 0) is 73.9 Å². The maximum Gasteiger partial charge on any atom is 0.417 e. The number of benzene rings is 3. The molecule has 0 bridgehead atoms. The lowest BCUT2D eigenvalue weighted by atomic mass is 9.97. The molecule has 0 unspecified atom stereocenters. The van der Waals surface area contributed by atoms with E-state index in [1.165, 1.54) is 44.2 Å². The van der Waals surface area contributed by atoms with E-state index in [9.17, 15) is 26.7 Å². The largest absolute Gasteiger partial charge is 0.417 e. The number of nitrogens with two attached hydrogens (primary N) is 1. The van der Waals surface area contributed by atoms with Gasteiger partial charge < -0.3 is 10.8 Å². The molecule has 0 heterocycles. The number of allylic oxidation sites excluding steroid dienone is 1. The molecule has 0 saturated carbocycles. The number of aryl methyl sites for hydroxylation is 1. The lowest BCUT2D eigenvalue weighted by molar-refractivity contribution is -0.137. The minimum Gasteiger partial charge on any atom is -0.400 e. The molecule has 36 heavy (non-hydrogen) atoms. The number of hydrogen-bond donors (Lipinski definition) is 2. The van der Waals surface area contributed by atoms with Gasteiger partial charge >= 0.3 is 6.18 Å². The monoisotopic (exact) mass is 516 g/mol. The van der Waals surface area contributed by atoms with Gasteiger partial charge in [-0.15, -0.1) is 0 Å². The molecular formula is C27H27F3N2O3S. The van der Waals surface area contributed by atoms with E-state index in [1.54, 1.807) is 43.3 Å². The molecule has 0 aliphatic carbocycles. The quantitative estimate of drug-likeness (QED) is 0.404. The fourth-order valence-corrected chi connectivity index (χ4v) is 4.11. The van der Waals surface area contributed by atoms with Crippen molar-refractivity contribution in [3.63, 3.8) is 0 Å².